The fourth-order valence-electron chi connectivity index (χ4n) is 2.99. The summed E-state index contributed by atoms with van der Waals surface area (Å²) in [7, 11) is 0. The molecule has 0 spiro atoms. The van der Waals surface area contributed by atoms with Gasteiger partial charge in [0.1, 0.15) is 17.1 Å². The Bertz CT molecular complexity index is 1230. The maximum Gasteiger partial charge on any atom is 0.267 e. The number of rotatable bonds is 3. The van der Waals surface area contributed by atoms with Gasteiger partial charge in [0.15, 0.2) is 0 Å². The number of aromatic hydroxyl groups is 1. The van der Waals surface area contributed by atoms with Crippen molar-refractivity contribution >= 4 is 26.8 Å². The Balaban J connectivity index is 1.95. The number of nitrogens with zero attached hydrogens (tertiary/aromatic N) is 3. The molecule has 2 heterocycles. The van der Waals surface area contributed by atoms with Crippen molar-refractivity contribution in [2.45, 2.75) is 13.5 Å². The van der Waals surface area contributed by atoms with Crippen LogP contribution in [0.15, 0.2) is 56.3 Å². The van der Waals surface area contributed by atoms with Crippen molar-refractivity contribution in [3.63, 3.8) is 0 Å². The minimum atomic E-state index is -0.530. The van der Waals surface area contributed by atoms with Gasteiger partial charge in [-0.25, -0.2) is 4.39 Å². The van der Waals surface area contributed by atoms with Gasteiger partial charge in [-0.3, -0.25) is 4.79 Å². The van der Waals surface area contributed by atoms with Crippen LogP contribution in [0.1, 0.15) is 6.92 Å². The second-order valence-corrected chi connectivity index (χ2v) is 6.78. The lowest BCUT2D eigenvalue weighted by molar-refractivity contribution is 0.425. The summed E-state index contributed by atoms with van der Waals surface area (Å²) in [6.07, 6.45) is 0. The fraction of sp³-hybridized carbons (Fsp3) is 0.105. The molecule has 0 bridgehead atoms. The number of hydrogen-bond donors (Lipinski definition) is 1. The van der Waals surface area contributed by atoms with E-state index in [9.17, 15) is 14.3 Å². The first kappa shape index (κ1) is 17.4. The molecule has 0 fully saturated rings. The summed E-state index contributed by atoms with van der Waals surface area (Å²) in [5, 5.41) is 14.9. The first-order valence-electron chi connectivity index (χ1n) is 8.14. The normalized spacial score (nSPS) is 11.2. The molecule has 8 heteroatoms. The molecule has 6 nitrogen and oxygen atoms in total. The largest absolute Gasteiger partial charge is 0.506 e. The van der Waals surface area contributed by atoms with Crippen LogP contribution in [0.5, 0.6) is 5.75 Å². The molecule has 0 aliphatic heterocycles. The highest BCUT2D eigenvalue weighted by atomic mass is 79.9. The van der Waals surface area contributed by atoms with Crippen LogP contribution in [-0.2, 0) is 6.54 Å². The first-order valence-corrected chi connectivity index (χ1v) is 8.94. The van der Waals surface area contributed by atoms with Crippen LogP contribution in [0.4, 0.5) is 4.39 Å². The molecule has 0 aliphatic rings. The van der Waals surface area contributed by atoms with Crippen molar-refractivity contribution in [3.05, 3.63) is 63.1 Å². The van der Waals surface area contributed by atoms with Gasteiger partial charge >= 0.3 is 0 Å². The molecule has 136 valence electrons. The summed E-state index contributed by atoms with van der Waals surface area (Å²) < 4.78 is 21.1. The Morgan fingerprint density at radius 3 is 2.81 bits per heavy atom. The van der Waals surface area contributed by atoms with Crippen LogP contribution < -0.4 is 5.56 Å². The third-order valence-corrected chi connectivity index (χ3v) is 4.73. The van der Waals surface area contributed by atoms with Crippen LogP contribution in [0.2, 0.25) is 0 Å². The standard InChI is InChI=1S/C19H13BrFN3O3/c1-2-24-14-9-12(21)6-7-13(14)16(25)15(19(24)26)18-22-17(23-27-18)10-4-3-5-11(20)8-10/h3-9,25H,2H2,1H3. The Morgan fingerprint density at radius 1 is 1.26 bits per heavy atom. The topological polar surface area (TPSA) is 81.2 Å². The molecule has 0 radical (unpaired) electrons. The Morgan fingerprint density at radius 2 is 2.07 bits per heavy atom. The predicted octanol–water partition coefficient (Wildman–Crippen LogP) is 4.35. The summed E-state index contributed by atoms with van der Waals surface area (Å²) in [5.74, 6) is -0.622. The number of halogens is 2. The van der Waals surface area contributed by atoms with Crippen molar-refractivity contribution < 1.29 is 14.0 Å². The van der Waals surface area contributed by atoms with Gasteiger partial charge in [-0.1, -0.05) is 33.2 Å². The molecule has 0 unspecified atom stereocenters. The van der Waals surface area contributed by atoms with E-state index in [1.165, 1.54) is 22.8 Å². The highest BCUT2D eigenvalue weighted by Gasteiger charge is 2.23. The van der Waals surface area contributed by atoms with E-state index in [0.29, 0.717) is 23.0 Å². The van der Waals surface area contributed by atoms with Gasteiger partial charge in [0, 0.05) is 22.0 Å². The highest BCUT2D eigenvalue weighted by molar-refractivity contribution is 9.10. The lowest BCUT2D eigenvalue weighted by Gasteiger charge is -2.11. The minimum absolute atomic E-state index is 0.0964. The maximum atomic E-state index is 13.6. The summed E-state index contributed by atoms with van der Waals surface area (Å²) in [4.78, 5) is 17.2. The second-order valence-electron chi connectivity index (χ2n) is 5.87. The summed E-state index contributed by atoms with van der Waals surface area (Å²) in [6.45, 7) is 2.05. The van der Waals surface area contributed by atoms with E-state index in [4.69, 9.17) is 4.52 Å². The Kier molecular flexibility index (Phi) is 4.27. The Labute approximate surface area is 161 Å². The Hall–Kier alpha value is -3.00. The van der Waals surface area contributed by atoms with Crippen LogP contribution in [-0.4, -0.2) is 19.8 Å². The molecule has 0 atom stereocenters. The molecule has 0 saturated carbocycles. The average Bonchev–Trinajstić information content (AvgIpc) is 3.12. The van der Waals surface area contributed by atoms with E-state index in [1.807, 2.05) is 18.2 Å². The highest BCUT2D eigenvalue weighted by Crippen LogP contribution is 2.33. The number of fused-ring (bicyclic) bond motifs is 1. The predicted molar refractivity (Wildman–Crippen MR) is 102 cm³/mol. The molecule has 4 aromatic rings. The number of aryl methyl sites for hydroxylation is 1. The van der Waals surface area contributed by atoms with Crippen molar-refractivity contribution in [1.82, 2.24) is 14.7 Å². The SMILES string of the molecule is CCn1c(=O)c(-c2nc(-c3cccc(Br)c3)no2)c(O)c2ccc(F)cc21. The van der Waals surface area contributed by atoms with Crippen molar-refractivity contribution in [1.29, 1.82) is 0 Å². The second kappa shape index (κ2) is 6.62. The fourth-order valence-corrected chi connectivity index (χ4v) is 3.38. The van der Waals surface area contributed by atoms with Crippen molar-refractivity contribution in [2.24, 2.45) is 0 Å². The van der Waals surface area contributed by atoms with Crippen LogP contribution >= 0.6 is 15.9 Å². The summed E-state index contributed by atoms with van der Waals surface area (Å²) in [6, 6.07) is 11.1. The number of aromatic nitrogens is 3. The van der Waals surface area contributed by atoms with Crippen molar-refractivity contribution in [3.8, 4) is 28.6 Å². The van der Waals surface area contributed by atoms with Crippen LogP contribution in [0.3, 0.4) is 0 Å². The zero-order chi connectivity index (χ0) is 19.1. The zero-order valence-corrected chi connectivity index (χ0v) is 15.7. The molecular formula is C19H13BrFN3O3. The van der Waals surface area contributed by atoms with Gasteiger partial charge in [-0.2, -0.15) is 4.98 Å². The summed E-state index contributed by atoms with van der Waals surface area (Å²) in [5.41, 5.74) is 0.357. The average molecular weight is 430 g/mol. The molecule has 27 heavy (non-hydrogen) atoms. The van der Waals surface area contributed by atoms with E-state index in [2.05, 4.69) is 26.1 Å². The van der Waals surface area contributed by atoms with E-state index in [0.717, 1.165) is 4.47 Å². The smallest absolute Gasteiger partial charge is 0.267 e. The van der Waals surface area contributed by atoms with Gasteiger partial charge in [0.05, 0.1) is 5.52 Å². The van der Waals surface area contributed by atoms with E-state index in [-0.39, 0.29) is 23.0 Å². The van der Waals surface area contributed by atoms with Gasteiger partial charge in [-0.05, 0) is 37.3 Å². The van der Waals surface area contributed by atoms with Gasteiger partial charge in [-0.15, -0.1) is 0 Å². The molecule has 0 saturated heterocycles. The molecule has 0 aliphatic carbocycles. The zero-order valence-electron chi connectivity index (χ0n) is 14.1. The van der Waals surface area contributed by atoms with E-state index < -0.39 is 11.4 Å². The molecule has 0 amide bonds. The van der Waals surface area contributed by atoms with Crippen LogP contribution in [0, 0.1) is 5.82 Å². The number of hydrogen-bond acceptors (Lipinski definition) is 5. The molecule has 2 aromatic carbocycles. The molecule has 2 aromatic heterocycles. The first-order chi connectivity index (χ1) is 13.0. The minimum Gasteiger partial charge on any atom is -0.506 e. The number of benzene rings is 2. The third kappa shape index (κ3) is 2.91. The maximum absolute atomic E-state index is 13.6. The van der Waals surface area contributed by atoms with Crippen LogP contribution in [0.25, 0.3) is 33.7 Å². The van der Waals surface area contributed by atoms with Gasteiger partial charge in [0.25, 0.3) is 11.4 Å². The van der Waals surface area contributed by atoms with E-state index in [1.54, 1.807) is 13.0 Å². The molecule has 1 N–H and O–H groups in total. The monoisotopic (exact) mass is 429 g/mol. The van der Waals surface area contributed by atoms with Gasteiger partial charge < -0.3 is 14.2 Å². The summed E-state index contributed by atoms with van der Waals surface area (Å²) >= 11 is 3.38. The van der Waals surface area contributed by atoms with Gasteiger partial charge in [0.2, 0.25) is 5.82 Å². The lowest BCUT2D eigenvalue weighted by Crippen LogP contribution is -2.21. The molecule has 4 rings (SSSR count). The lowest BCUT2D eigenvalue weighted by atomic mass is 10.1. The third-order valence-electron chi connectivity index (χ3n) is 4.24. The van der Waals surface area contributed by atoms with Crippen molar-refractivity contribution in [2.75, 3.05) is 0 Å². The quantitative estimate of drug-likeness (QED) is 0.523. The molecular weight excluding hydrogens is 417 g/mol. The van der Waals surface area contributed by atoms with E-state index >= 15 is 0 Å². The number of pyridine rings is 1.